The first-order valence-electron chi connectivity index (χ1n) is 8.07. The molecule has 0 radical (unpaired) electrons. The first-order valence-corrected chi connectivity index (χ1v) is 9.51. The van der Waals surface area contributed by atoms with Crippen molar-refractivity contribution in [3.63, 3.8) is 0 Å². The highest BCUT2D eigenvalue weighted by molar-refractivity contribution is 7.90. The third-order valence-electron chi connectivity index (χ3n) is 4.31. The van der Waals surface area contributed by atoms with Gasteiger partial charge in [-0.25, -0.2) is 12.7 Å². The molecular weight excluding hydrogens is 330 g/mol. The average Bonchev–Trinajstić information content (AvgIpc) is 2.74. The number of piperidine rings is 1. The van der Waals surface area contributed by atoms with Crippen LogP contribution in [0.4, 0.5) is 0 Å². The van der Waals surface area contributed by atoms with Gasteiger partial charge in [0, 0.05) is 24.2 Å². The van der Waals surface area contributed by atoms with Crippen LogP contribution in [-0.4, -0.2) is 49.7 Å². The minimum atomic E-state index is -3.89. The van der Waals surface area contributed by atoms with Crippen LogP contribution in [-0.2, 0) is 10.0 Å². The largest absolute Gasteiger partial charge is 0.348 e. The Morgan fingerprint density at radius 3 is 2.75 bits per heavy atom. The van der Waals surface area contributed by atoms with Crippen LogP contribution in [0.3, 0.4) is 0 Å². The fourth-order valence-corrected chi connectivity index (χ4v) is 4.94. The van der Waals surface area contributed by atoms with Crippen molar-refractivity contribution in [2.45, 2.75) is 43.7 Å². The van der Waals surface area contributed by atoms with Crippen molar-refractivity contribution in [1.29, 1.82) is 0 Å². The Morgan fingerprint density at radius 2 is 2.12 bits per heavy atom. The number of amides is 2. The van der Waals surface area contributed by atoms with Gasteiger partial charge >= 0.3 is 0 Å². The topological polar surface area (TPSA) is 95.6 Å². The molecule has 1 unspecified atom stereocenters. The maximum atomic E-state index is 12.6. The molecule has 2 aliphatic rings. The standard InChI is InChI=1S/C16H21N3O4S/c1-10(2)19-16(21)13-6-5-11(8-14(13)24(19,22)23)15(20)18-12-4-3-7-17-9-12/h5-6,8,10,12,17H,3-4,7,9H2,1-2H3,(H,18,20). The van der Waals surface area contributed by atoms with Crippen LogP contribution >= 0.6 is 0 Å². The van der Waals surface area contributed by atoms with Crippen LogP contribution in [0, 0.1) is 0 Å². The number of nitrogens with one attached hydrogen (secondary N) is 2. The molecule has 3 rings (SSSR count). The fourth-order valence-electron chi connectivity index (χ4n) is 3.14. The van der Waals surface area contributed by atoms with E-state index in [4.69, 9.17) is 0 Å². The lowest BCUT2D eigenvalue weighted by Crippen LogP contribution is -2.45. The molecule has 2 N–H and O–H groups in total. The quantitative estimate of drug-likeness (QED) is 0.837. The summed E-state index contributed by atoms with van der Waals surface area (Å²) in [7, 11) is -3.89. The molecule has 2 heterocycles. The Bertz CT molecular complexity index is 783. The highest BCUT2D eigenvalue weighted by atomic mass is 32.2. The summed E-state index contributed by atoms with van der Waals surface area (Å²) in [6.07, 6.45) is 1.88. The maximum absolute atomic E-state index is 12.6. The van der Waals surface area contributed by atoms with Crippen molar-refractivity contribution in [2.24, 2.45) is 0 Å². The Hall–Kier alpha value is -1.93. The molecule has 2 amide bonds. The zero-order valence-electron chi connectivity index (χ0n) is 13.7. The number of benzene rings is 1. The van der Waals surface area contributed by atoms with E-state index in [-0.39, 0.29) is 28.0 Å². The normalized spacial score (nSPS) is 22.5. The van der Waals surface area contributed by atoms with Crippen LogP contribution in [0.5, 0.6) is 0 Å². The number of carbonyl (C=O) groups is 2. The van der Waals surface area contributed by atoms with Crippen molar-refractivity contribution >= 4 is 21.8 Å². The molecule has 1 fully saturated rings. The molecule has 24 heavy (non-hydrogen) atoms. The zero-order chi connectivity index (χ0) is 17.5. The number of nitrogens with zero attached hydrogens (tertiary/aromatic N) is 1. The van der Waals surface area contributed by atoms with E-state index < -0.39 is 22.0 Å². The lowest BCUT2D eigenvalue weighted by molar-refractivity contribution is 0.0845. The second-order valence-corrected chi connectivity index (χ2v) is 8.21. The highest BCUT2D eigenvalue weighted by Gasteiger charge is 2.42. The van der Waals surface area contributed by atoms with Crippen LogP contribution in [0.1, 0.15) is 47.4 Å². The summed E-state index contributed by atoms with van der Waals surface area (Å²) in [5.74, 6) is -0.861. The molecule has 7 nitrogen and oxygen atoms in total. The number of sulfonamides is 1. The number of hydrogen-bond acceptors (Lipinski definition) is 5. The Kier molecular flexibility index (Phi) is 4.35. The molecule has 0 aromatic heterocycles. The predicted molar refractivity (Wildman–Crippen MR) is 88.3 cm³/mol. The van der Waals surface area contributed by atoms with E-state index in [1.807, 2.05) is 0 Å². The van der Waals surface area contributed by atoms with E-state index in [9.17, 15) is 18.0 Å². The summed E-state index contributed by atoms with van der Waals surface area (Å²) in [6, 6.07) is 3.79. The summed E-state index contributed by atoms with van der Waals surface area (Å²) < 4.78 is 26.0. The summed E-state index contributed by atoms with van der Waals surface area (Å²) in [5, 5.41) is 6.11. The SMILES string of the molecule is CC(C)N1C(=O)c2ccc(C(=O)NC3CCCNC3)cc2S1(=O)=O. The molecule has 0 bridgehead atoms. The van der Waals surface area contributed by atoms with Gasteiger partial charge in [0.15, 0.2) is 0 Å². The van der Waals surface area contributed by atoms with Crippen molar-refractivity contribution in [3.05, 3.63) is 29.3 Å². The third-order valence-corrected chi connectivity index (χ3v) is 6.31. The van der Waals surface area contributed by atoms with E-state index in [0.29, 0.717) is 6.54 Å². The summed E-state index contributed by atoms with van der Waals surface area (Å²) in [4.78, 5) is 24.6. The van der Waals surface area contributed by atoms with Gasteiger partial charge in [-0.1, -0.05) is 0 Å². The van der Waals surface area contributed by atoms with Crippen molar-refractivity contribution in [2.75, 3.05) is 13.1 Å². The van der Waals surface area contributed by atoms with Gasteiger partial charge in [-0.2, -0.15) is 0 Å². The lowest BCUT2D eigenvalue weighted by atomic mass is 10.1. The lowest BCUT2D eigenvalue weighted by Gasteiger charge is -2.23. The smallest absolute Gasteiger partial charge is 0.269 e. The van der Waals surface area contributed by atoms with Gasteiger partial charge in [0.25, 0.3) is 21.8 Å². The van der Waals surface area contributed by atoms with Crippen LogP contribution in [0.15, 0.2) is 23.1 Å². The molecule has 1 aromatic carbocycles. The van der Waals surface area contributed by atoms with Crippen molar-refractivity contribution in [1.82, 2.24) is 14.9 Å². The molecule has 1 atom stereocenters. The summed E-state index contributed by atoms with van der Waals surface area (Å²) in [6.45, 7) is 4.93. The zero-order valence-corrected chi connectivity index (χ0v) is 14.5. The number of carbonyl (C=O) groups excluding carboxylic acids is 2. The molecule has 130 valence electrons. The van der Waals surface area contributed by atoms with Gasteiger partial charge in [-0.3, -0.25) is 9.59 Å². The summed E-state index contributed by atoms with van der Waals surface area (Å²) in [5.41, 5.74) is 0.376. The van der Waals surface area contributed by atoms with Gasteiger partial charge in [-0.15, -0.1) is 0 Å². The van der Waals surface area contributed by atoms with Gasteiger partial charge in [0.05, 0.1) is 5.56 Å². The molecule has 1 saturated heterocycles. The van der Waals surface area contributed by atoms with Gasteiger partial charge in [0.1, 0.15) is 4.90 Å². The number of hydrogen-bond donors (Lipinski definition) is 2. The van der Waals surface area contributed by atoms with E-state index in [2.05, 4.69) is 10.6 Å². The molecule has 0 spiro atoms. The molecule has 8 heteroatoms. The summed E-state index contributed by atoms with van der Waals surface area (Å²) >= 11 is 0. The molecule has 2 aliphatic heterocycles. The first-order chi connectivity index (χ1) is 11.3. The predicted octanol–water partition coefficient (Wildman–Crippen LogP) is 0.721. The second kappa shape index (κ2) is 6.18. The van der Waals surface area contributed by atoms with Crippen molar-refractivity contribution < 1.29 is 18.0 Å². The number of fused-ring (bicyclic) bond motifs is 1. The molecule has 0 saturated carbocycles. The Morgan fingerprint density at radius 1 is 1.38 bits per heavy atom. The van der Waals surface area contributed by atoms with E-state index in [0.717, 1.165) is 23.7 Å². The molecule has 1 aromatic rings. The van der Waals surface area contributed by atoms with Gasteiger partial charge in [-0.05, 0) is 51.4 Å². The minimum Gasteiger partial charge on any atom is -0.348 e. The second-order valence-electron chi connectivity index (χ2n) is 6.43. The Labute approximate surface area is 141 Å². The molecular formula is C16H21N3O4S. The van der Waals surface area contributed by atoms with Crippen LogP contribution in [0.2, 0.25) is 0 Å². The van der Waals surface area contributed by atoms with E-state index in [1.54, 1.807) is 13.8 Å². The maximum Gasteiger partial charge on any atom is 0.269 e. The van der Waals surface area contributed by atoms with Crippen molar-refractivity contribution in [3.8, 4) is 0 Å². The van der Waals surface area contributed by atoms with E-state index in [1.165, 1.54) is 18.2 Å². The third kappa shape index (κ3) is 2.80. The molecule has 0 aliphatic carbocycles. The van der Waals surface area contributed by atoms with Crippen LogP contribution < -0.4 is 10.6 Å². The first kappa shape index (κ1) is 16.9. The minimum absolute atomic E-state index is 0.0323. The van der Waals surface area contributed by atoms with Gasteiger partial charge < -0.3 is 10.6 Å². The fraction of sp³-hybridized carbons (Fsp3) is 0.500. The Balaban J connectivity index is 1.89. The monoisotopic (exact) mass is 351 g/mol. The average molecular weight is 351 g/mol. The van der Waals surface area contributed by atoms with Gasteiger partial charge in [0.2, 0.25) is 0 Å². The van der Waals surface area contributed by atoms with E-state index >= 15 is 0 Å². The van der Waals surface area contributed by atoms with Crippen LogP contribution in [0.25, 0.3) is 0 Å². The highest BCUT2D eigenvalue weighted by Crippen LogP contribution is 2.32. The number of rotatable bonds is 3.